The van der Waals surface area contributed by atoms with Gasteiger partial charge in [0.15, 0.2) is 0 Å². The molecule has 0 radical (unpaired) electrons. The van der Waals surface area contributed by atoms with Crippen LogP contribution in [0.1, 0.15) is 17.0 Å². The van der Waals surface area contributed by atoms with Gasteiger partial charge in [0.1, 0.15) is 23.1 Å². The molecule has 3 rings (SSSR count). The first-order valence-electron chi connectivity index (χ1n) is 7.50. The third kappa shape index (κ3) is 3.66. The Labute approximate surface area is 139 Å². The van der Waals surface area contributed by atoms with Gasteiger partial charge in [-0.2, -0.15) is 5.26 Å². The van der Waals surface area contributed by atoms with Gasteiger partial charge in [-0.05, 0) is 18.6 Å². The molecular formula is C16H18FN5S. The summed E-state index contributed by atoms with van der Waals surface area (Å²) in [7, 11) is 1.90. The lowest BCUT2D eigenvalue weighted by Gasteiger charge is -2.28. The fourth-order valence-electron chi connectivity index (χ4n) is 3.00. The van der Waals surface area contributed by atoms with E-state index in [0.717, 1.165) is 5.01 Å². The number of anilines is 1. The van der Waals surface area contributed by atoms with Crippen molar-refractivity contribution in [2.24, 2.45) is 0 Å². The summed E-state index contributed by atoms with van der Waals surface area (Å²) in [5.74, 6) is 0.645. The Morgan fingerprint density at radius 2 is 2.35 bits per heavy atom. The Morgan fingerprint density at radius 1 is 1.48 bits per heavy atom. The van der Waals surface area contributed by atoms with Gasteiger partial charge in [-0.1, -0.05) is 0 Å². The molecule has 3 heterocycles. The van der Waals surface area contributed by atoms with Gasteiger partial charge in [-0.3, -0.25) is 4.90 Å². The maximum Gasteiger partial charge on any atom is 0.146 e. The number of thiazole rings is 1. The zero-order chi connectivity index (χ0) is 16.2. The molecule has 2 atom stereocenters. The molecule has 2 aromatic rings. The van der Waals surface area contributed by atoms with E-state index in [2.05, 4.69) is 20.9 Å². The zero-order valence-electron chi connectivity index (χ0n) is 12.9. The van der Waals surface area contributed by atoms with Crippen molar-refractivity contribution in [3.05, 3.63) is 40.5 Å². The second-order valence-corrected chi connectivity index (χ2v) is 6.69. The Bertz CT molecular complexity index is 684. The van der Waals surface area contributed by atoms with E-state index in [-0.39, 0.29) is 6.04 Å². The summed E-state index contributed by atoms with van der Waals surface area (Å²) in [5, 5.41) is 12.1. The number of rotatable bonds is 5. The standard InChI is InChI=1S/C16H18FN5S/c1-21(16-12(8-18)3-2-4-20-16)10-14-7-13(17)9-22(14)11-15-19-5-6-23-15/h2-6,13-14H,7,9-11H2,1H3/t13-,14-/m0/s1. The largest absolute Gasteiger partial charge is 0.357 e. The number of nitrogens with zero attached hydrogens (tertiary/aromatic N) is 5. The van der Waals surface area contributed by atoms with E-state index in [1.165, 1.54) is 0 Å². The lowest BCUT2D eigenvalue weighted by atomic mass is 10.2. The minimum Gasteiger partial charge on any atom is -0.357 e. The number of likely N-dealkylation sites (tertiary alicyclic amines) is 1. The van der Waals surface area contributed by atoms with Crippen molar-refractivity contribution in [1.29, 1.82) is 5.26 Å². The quantitative estimate of drug-likeness (QED) is 0.842. The summed E-state index contributed by atoms with van der Waals surface area (Å²) in [6, 6.07) is 5.74. The molecule has 2 aromatic heterocycles. The van der Waals surface area contributed by atoms with E-state index in [4.69, 9.17) is 0 Å². The third-order valence-electron chi connectivity index (χ3n) is 4.05. The van der Waals surface area contributed by atoms with Crippen molar-refractivity contribution < 1.29 is 4.39 Å². The highest BCUT2D eigenvalue weighted by Crippen LogP contribution is 2.25. The molecule has 0 saturated carbocycles. The van der Waals surface area contributed by atoms with Crippen molar-refractivity contribution in [2.75, 3.05) is 25.0 Å². The van der Waals surface area contributed by atoms with E-state index in [1.807, 2.05) is 17.3 Å². The number of hydrogen-bond donors (Lipinski definition) is 0. The lowest BCUT2D eigenvalue weighted by Crippen LogP contribution is -2.39. The number of aromatic nitrogens is 2. The van der Waals surface area contributed by atoms with Crippen molar-refractivity contribution in [3.63, 3.8) is 0 Å². The van der Waals surface area contributed by atoms with Crippen LogP contribution in [0.3, 0.4) is 0 Å². The van der Waals surface area contributed by atoms with Crippen molar-refractivity contribution in [2.45, 2.75) is 25.2 Å². The number of nitriles is 1. The Kier molecular flexibility index (Phi) is 4.84. The van der Waals surface area contributed by atoms with Gasteiger partial charge in [0, 0.05) is 44.0 Å². The number of pyridine rings is 1. The van der Waals surface area contributed by atoms with E-state index in [0.29, 0.717) is 37.4 Å². The van der Waals surface area contributed by atoms with Gasteiger partial charge in [0.25, 0.3) is 0 Å². The van der Waals surface area contributed by atoms with Gasteiger partial charge in [0.05, 0.1) is 12.1 Å². The monoisotopic (exact) mass is 331 g/mol. The van der Waals surface area contributed by atoms with Crippen LogP contribution >= 0.6 is 11.3 Å². The first-order valence-corrected chi connectivity index (χ1v) is 8.38. The summed E-state index contributed by atoms with van der Waals surface area (Å²) in [5.41, 5.74) is 0.538. The molecule has 0 unspecified atom stereocenters. The van der Waals surface area contributed by atoms with Crippen LogP contribution in [0, 0.1) is 11.3 Å². The molecule has 1 fully saturated rings. The molecule has 120 valence electrons. The predicted octanol–water partition coefficient (Wildman–Crippen LogP) is 2.46. The minimum absolute atomic E-state index is 0.0902. The average molecular weight is 331 g/mol. The van der Waals surface area contributed by atoms with Gasteiger partial charge < -0.3 is 4.90 Å². The van der Waals surface area contributed by atoms with Crippen LogP contribution in [0.5, 0.6) is 0 Å². The highest BCUT2D eigenvalue weighted by molar-refractivity contribution is 7.09. The van der Waals surface area contributed by atoms with Crippen LogP contribution in [0.2, 0.25) is 0 Å². The Morgan fingerprint density at radius 3 is 3.09 bits per heavy atom. The van der Waals surface area contributed by atoms with Crippen LogP contribution in [0.25, 0.3) is 0 Å². The average Bonchev–Trinajstić information content (AvgIpc) is 3.17. The first kappa shape index (κ1) is 15.8. The number of likely N-dealkylation sites (N-methyl/N-ethyl adjacent to an activating group) is 1. The molecule has 5 nitrogen and oxygen atoms in total. The van der Waals surface area contributed by atoms with Crippen LogP contribution in [-0.2, 0) is 6.54 Å². The maximum absolute atomic E-state index is 13.9. The number of hydrogen-bond acceptors (Lipinski definition) is 6. The molecule has 1 aliphatic heterocycles. The molecule has 0 N–H and O–H groups in total. The summed E-state index contributed by atoms with van der Waals surface area (Å²) < 4.78 is 13.9. The SMILES string of the molecule is CN(C[C@@H]1C[C@H](F)CN1Cc1nccs1)c1ncccc1C#N. The highest BCUT2D eigenvalue weighted by atomic mass is 32.1. The molecule has 7 heteroatoms. The summed E-state index contributed by atoms with van der Waals surface area (Å²) in [6.07, 6.45) is 3.14. The smallest absolute Gasteiger partial charge is 0.146 e. The molecule has 23 heavy (non-hydrogen) atoms. The normalized spacial score (nSPS) is 21.3. The van der Waals surface area contributed by atoms with Crippen LogP contribution in [0.15, 0.2) is 29.9 Å². The Hall–Kier alpha value is -2.04. The first-order chi connectivity index (χ1) is 11.2. The van der Waals surface area contributed by atoms with E-state index < -0.39 is 6.17 Å². The second-order valence-electron chi connectivity index (χ2n) is 5.71. The second kappa shape index (κ2) is 7.02. The molecule has 0 spiro atoms. The summed E-state index contributed by atoms with van der Waals surface area (Å²) >= 11 is 1.59. The number of halogens is 1. The van der Waals surface area contributed by atoms with Crippen LogP contribution < -0.4 is 4.90 Å². The van der Waals surface area contributed by atoms with Crippen LogP contribution in [-0.4, -0.2) is 47.2 Å². The molecule has 0 bridgehead atoms. The van der Waals surface area contributed by atoms with Gasteiger partial charge in [-0.15, -0.1) is 11.3 Å². The molecular weight excluding hydrogens is 313 g/mol. The van der Waals surface area contributed by atoms with E-state index in [1.54, 1.807) is 35.9 Å². The van der Waals surface area contributed by atoms with Gasteiger partial charge in [-0.25, -0.2) is 14.4 Å². The maximum atomic E-state index is 13.9. The van der Waals surface area contributed by atoms with Crippen molar-refractivity contribution >= 4 is 17.2 Å². The zero-order valence-corrected chi connectivity index (χ0v) is 13.7. The van der Waals surface area contributed by atoms with Crippen molar-refractivity contribution in [1.82, 2.24) is 14.9 Å². The lowest BCUT2D eigenvalue weighted by molar-refractivity contribution is 0.237. The van der Waals surface area contributed by atoms with E-state index >= 15 is 0 Å². The molecule has 1 saturated heterocycles. The topological polar surface area (TPSA) is 56.1 Å². The predicted molar refractivity (Wildman–Crippen MR) is 88.0 cm³/mol. The molecule has 0 aromatic carbocycles. The fraction of sp³-hybridized carbons (Fsp3) is 0.438. The van der Waals surface area contributed by atoms with E-state index in [9.17, 15) is 9.65 Å². The third-order valence-corrected chi connectivity index (χ3v) is 4.82. The van der Waals surface area contributed by atoms with Crippen LogP contribution in [0.4, 0.5) is 10.2 Å². The number of alkyl halides is 1. The van der Waals surface area contributed by atoms with Gasteiger partial charge in [0.2, 0.25) is 0 Å². The molecule has 0 aliphatic carbocycles. The Balaban J connectivity index is 1.71. The van der Waals surface area contributed by atoms with Gasteiger partial charge >= 0.3 is 0 Å². The minimum atomic E-state index is -0.812. The molecule has 0 amide bonds. The fourth-order valence-corrected chi connectivity index (χ4v) is 3.64. The summed E-state index contributed by atoms with van der Waals surface area (Å²) in [6.45, 7) is 1.74. The summed E-state index contributed by atoms with van der Waals surface area (Å²) in [4.78, 5) is 12.7. The van der Waals surface area contributed by atoms with Crippen molar-refractivity contribution in [3.8, 4) is 6.07 Å². The highest BCUT2D eigenvalue weighted by Gasteiger charge is 2.33. The molecule has 1 aliphatic rings.